The maximum atomic E-state index is 5.68. The van der Waals surface area contributed by atoms with E-state index in [1.54, 1.807) is 0 Å². The van der Waals surface area contributed by atoms with Crippen molar-refractivity contribution in [3.63, 3.8) is 0 Å². The van der Waals surface area contributed by atoms with Gasteiger partial charge in [-0.3, -0.25) is 0 Å². The van der Waals surface area contributed by atoms with Gasteiger partial charge in [-0.2, -0.15) is 0 Å². The highest BCUT2D eigenvalue weighted by Crippen LogP contribution is 2.10. The Balaban J connectivity index is 2.17. The Morgan fingerprint density at radius 1 is 1.40 bits per heavy atom. The number of ether oxygens (including phenoxy) is 1. The molecule has 3 nitrogen and oxygen atoms in total. The molecular formula is C12H26N2O. The quantitative estimate of drug-likeness (QED) is 0.747. The third-order valence-corrected chi connectivity index (χ3v) is 3.47. The van der Waals surface area contributed by atoms with Crippen molar-refractivity contribution in [1.29, 1.82) is 0 Å². The first-order valence-corrected chi connectivity index (χ1v) is 6.14. The molecule has 1 N–H and O–H groups in total. The van der Waals surface area contributed by atoms with Gasteiger partial charge in [0.15, 0.2) is 0 Å². The average molecular weight is 214 g/mol. The zero-order valence-electron chi connectivity index (χ0n) is 10.6. The van der Waals surface area contributed by atoms with Crippen LogP contribution in [0.2, 0.25) is 0 Å². The molecule has 0 aromatic carbocycles. The number of nitrogens with zero attached hydrogens (tertiary/aromatic N) is 1. The molecule has 0 saturated carbocycles. The van der Waals surface area contributed by atoms with Crippen LogP contribution in [-0.4, -0.2) is 50.3 Å². The largest absolute Gasteiger partial charge is 0.376 e. The van der Waals surface area contributed by atoms with Crippen molar-refractivity contribution in [1.82, 2.24) is 10.2 Å². The molecule has 0 aromatic rings. The van der Waals surface area contributed by atoms with Crippen molar-refractivity contribution in [2.75, 3.05) is 33.3 Å². The normalized spacial score (nSPS) is 24.8. The van der Waals surface area contributed by atoms with Gasteiger partial charge < -0.3 is 15.0 Å². The van der Waals surface area contributed by atoms with Crippen LogP contribution in [0.4, 0.5) is 0 Å². The lowest BCUT2D eigenvalue weighted by atomic mass is 10.0. The molecule has 1 saturated heterocycles. The Morgan fingerprint density at radius 2 is 2.13 bits per heavy atom. The average Bonchev–Trinajstić information content (AvgIpc) is 2.26. The van der Waals surface area contributed by atoms with Crippen molar-refractivity contribution in [3.8, 4) is 0 Å². The van der Waals surface area contributed by atoms with Crippen molar-refractivity contribution in [2.24, 2.45) is 5.92 Å². The summed E-state index contributed by atoms with van der Waals surface area (Å²) in [5.74, 6) is 0.723. The number of morpholine rings is 1. The molecule has 0 radical (unpaired) electrons. The zero-order valence-corrected chi connectivity index (χ0v) is 10.6. The van der Waals surface area contributed by atoms with Crippen LogP contribution in [0.1, 0.15) is 27.2 Å². The van der Waals surface area contributed by atoms with E-state index in [0.717, 1.165) is 38.6 Å². The second-order valence-electron chi connectivity index (χ2n) is 4.95. The predicted octanol–water partition coefficient (Wildman–Crippen LogP) is 1.34. The van der Waals surface area contributed by atoms with Crippen LogP contribution in [0.5, 0.6) is 0 Å². The van der Waals surface area contributed by atoms with Crippen LogP contribution in [0.15, 0.2) is 0 Å². The summed E-state index contributed by atoms with van der Waals surface area (Å²) >= 11 is 0. The summed E-state index contributed by atoms with van der Waals surface area (Å²) in [4.78, 5) is 2.43. The van der Waals surface area contributed by atoms with Crippen LogP contribution in [0.25, 0.3) is 0 Å². The molecule has 1 heterocycles. The van der Waals surface area contributed by atoms with Gasteiger partial charge in [-0.15, -0.1) is 0 Å². The summed E-state index contributed by atoms with van der Waals surface area (Å²) in [5.41, 5.74) is 0. The second-order valence-corrected chi connectivity index (χ2v) is 4.95. The molecule has 2 atom stereocenters. The Bertz CT molecular complexity index is 167. The van der Waals surface area contributed by atoms with Crippen LogP contribution in [0.3, 0.4) is 0 Å². The SMILES string of the molecule is CC(C)C(C)N(C)CCC1CNCCO1. The first-order chi connectivity index (χ1) is 7.11. The molecule has 3 heteroatoms. The molecule has 0 bridgehead atoms. The van der Waals surface area contributed by atoms with Gasteiger partial charge >= 0.3 is 0 Å². The summed E-state index contributed by atoms with van der Waals surface area (Å²) in [6.45, 7) is 10.9. The van der Waals surface area contributed by atoms with E-state index in [0.29, 0.717) is 12.1 Å². The Morgan fingerprint density at radius 3 is 2.67 bits per heavy atom. The standard InChI is InChI=1S/C12H26N2O/c1-10(2)11(3)14(4)7-5-12-9-13-6-8-15-12/h10-13H,5-9H2,1-4H3. The second kappa shape index (κ2) is 6.46. The van der Waals surface area contributed by atoms with Crippen LogP contribution >= 0.6 is 0 Å². The minimum absolute atomic E-state index is 0.417. The van der Waals surface area contributed by atoms with Gasteiger partial charge in [0.05, 0.1) is 12.7 Å². The van der Waals surface area contributed by atoms with Gasteiger partial charge in [0.2, 0.25) is 0 Å². The van der Waals surface area contributed by atoms with Gasteiger partial charge in [-0.25, -0.2) is 0 Å². The molecule has 90 valence electrons. The van der Waals surface area contributed by atoms with E-state index in [4.69, 9.17) is 4.74 Å². The Hall–Kier alpha value is -0.120. The van der Waals surface area contributed by atoms with E-state index in [1.807, 2.05) is 0 Å². The first-order valence-electron chi connectivity index (χ1n) is 6.14. The monoisotopic (exact) mass is 214 g/mol. The van der Waals surface area contributed by atoms with Gasteiger partial charge in [-0.1, -0.05) is 13.8 Å². The first kappa shape index (κ1) is 12.9. The maximum Gasteiger partial charge on any atom is 0.0712 e. The van der Waals surface area contributed by atoms with E-state index in [9.17, 15) is 0 Å². The highest BCUT2D eigenvalue weighted by atomic mass is 16.5. The fraction of sp³-hybridized carbons (Fsp3) is 1.00. The minimum Gasteiger partial charge on any atom is -0.376 e. The summed E-state index contributed by atoms with van der Waals surface area (Å²) in [7, 11) is 2.21. The number of nitrogens with one attached hydrogen (secondary N) is 1. The highest BCUT2D eigenvalue weighted by Gasteiger charge is 2.17. The third-order valence-electron chi connectivity index (χ3n) is 3.47. The Kier molecular flexibility index (Phi) is 5.58. The van der Waals surface area contributed by atoms with Crippen molar-refractivity contribution >= 4 is 0 Å². The zero-order chi connectivity index (χ0) is 11.3. The number of hydrogen-bond acceptors (Lipinski definition) is 3. The molecule has 0 amide bonds. The number of hydrogen-bond donors (Lipinski definition) is 1. The smallest absolute Gasteiger partial charge is 0.0712 e. The van der Waals surface area contributed by atoms with Gasteiger partial charge in [0.25, 0.3) is 0 Å². The lowest BCUT2D eigenvalue weighted by Gasteiger charge is -2.30. The molecule has 1 rings (SSSR count). The summed E-state index contributed by atoms with van der Waals surface area (Å²) < 4.78 is 5.68. The molecule has 1 aliphatic heterocycles. The summed E-state index contributed by atoms with van der Waals surface area (Å²) in [5, 5.41) is 3.37. The van der Waals surface area contributed by atoms with Gasteiger partial charge in [-0.05, 0) is 26.3 Å². The predicted molar refractivity (Wildman–Crippen MR) is 64.2 cm³/mol. The van der Waals surface area contributed by atoms with Crippen molar-refractivity contribution < 1.29 is 4.74 Å². The fourth-order valence-electron chi connectivity index (χ4n) is 1.87. The maximum absolute atomic E-state index is 5.68. The number of rotatable bonds is 5. The molecule has 1 fully saturated rings. The van der Waals surface area contributed by atoms with E-state index >= 15 is 0 Å². The molecule has 15 heavy (non-hydrogen) atoms. The molecule has 0 spiro atoms. The van der Waals surface area contributed by atoms with E-state index in [2.05, 4.69) is 38.0 Å². The van der Waals surface area contributed by atoms with E-state index < -0.39 is 0 Å². The lowest BCUT2D eigenvalue weighted by Crippen LogP contribution is -2.41. The molecular weight excluding hydrogens is 188 g/mol. The fourth-order valence-corrected chi connectivity index (χ4v) is 1.87. The van der Waals surface area contributed by atoms with E-state index in [1.165, 1.54) is 0 Å². The van der Waals surface area contributed by atoms with Crippen molar-refractivity contribution in [3.05, 3.63) is 0 Å². The van der Waals surface area contributed by atoms with Crippen LogP contribution < -0.4 is 5.32 Å². The molecule has 0 aliphatic carbocycles. The molecule has 1 aliphatic rings. The van der Waals surface area contributed by atoms with Gasteiger partial charge in [0.1, 0.15) is 0 Å². The lowest BCUT2D eigenvalue weighted by molar-refractivity contribution is 0.0157. The van der Waals surface area contributed by atoms with Crippen LogP contribution in [0, 0.1) is 5.92 Å². The Labute approximate surface area is 94.2 Å². The summed E-state index contributed by atoms with van der Waals surface area (Å²) in [6, 6.07) is 0.654. The molecule has 0 aromatic heterocycles. The summed E-state index contributed by atoms with van der Waals surface area (Å²) in [6.07, 6.45) is 1.56. The topological polar surface area (TPSA) is 24.5 Å². The van der Waals surface area contributed by atoms with Gasteiger partial charge in [0, 0.05) is 25.7 Å². The minimum atomic E-state index is 0.417. The molecule has 2 unspecified atom stereocenters. The highest BCUT2D eigenvalue weighted by molar-refractivity contribution is 4.72. The van der Waals surface area contributed by atoms with E-state index in [-0.39, 0.29) is 0 Å². The third kappa shape index (κ3) is 4.49. The van der Waals surface area contributed by atoms with Crippen molar-refractivity contribution in [2.45, 2.75) is 39.3 Å². The van der Waals surface area contributed by atoms with Crippen LogP contribution in [-0.2, 0) is 4.74 Å².